The molecule has 5 rings (SSSR count). The number of piperidine rings is 1. The quantitative estimate of drug-likeness (QED) is 0.581. The highest BCUT2D eigenvalue weighted by molar-refractivity contribution is 5.87. The minimum Gasteiger partial charge on any atom is -0.508 e. The smallest absolute Gasteiger partial charge is 0.420 e. The van der Waals surface area contributed by atoms with Gasteiger partial charge < -0.3 is 9.52 Å². The van der Waals surface area contributed by atoms with Crippen LogP contribution in [0.2, 0.25) is 0 Å². The summed E-state index contributed by atoms with van der Waals surface area (Å²) in [5.74, 6) is 0.0350. The van der Waals surface area contributed by atoms with Crippen LogP contribution in [0.5, 0.6) is 5.75 Å². The Morgan fingerprint density at radius 3 is 2.79 bits per heavy atom. The number of phenols is 1. The number of para-hydroxylation sites is 2. The van der Waals surface area contributed by atoms with Crippen LogP contribution < -0.4 is 5.76 Å². The van der Waals surface area contributed by atoms with E-state index in [1.807, 2.05) is 42.5 Å². The number of aromatic hydroxyl groups is 1. The van der Waals surface area contributed by atoms with E-state index in [0.717, 1.165) is 47.8 Å². The minimum atomic E-state index is -0.291. The van der Waals surface area contributed by atoms with Gasteiger partial charge in [-0.3, -0.25) is 9.47 Å². The fraction of sp³-hybridized carbons (Fsp3) is 0.261. The molecule has 1 aliphatic rings. The second-order valence-corrected chi connectivity index (χ2v) is 7.52. The molecule has 0 radical (unpaired) electrons. The van der Waals surface area contributed by atoms with Crippen molar-refractivity contribution in [3.8, 4) is 5.75 Å². The molecule has 142 valence electrons. The summed E-state index contributed by atoms with van der Waals surface area (Å²) in [5, 5.41) is 12.7. The molecule has 1 saturated heterocycles. The predicted octanol–water partition coefficient (Wildman–Crippen LogP) is 4.29. The third-order valence-corrected chi connectivity index (χ3v) is 5.76. The summed E-state index contributed by atoms with van der Waals surface area (Å²) in [4.78, 5) is 14.8. The Kier molecular flexibility index (Phi) is 4.17. The van der Waals surface area contributed by atoms with Crippen LogP contribution in [0.3, 0.4) is 0 Å². The normalized spacial score (nSPS) is 18.1. The molecule has 0 amide bonds. The van der Waals surface area contributed by atoms with Crippen LogP contribution in [0.1, 0.15) is 24.4 Å². The zero-order chi connectivity index (χ0) is 19.1. The van der Waals surface area contributed by atoms with E-state index in [2.05, 4.69) is 17.0 Å². The van der Waals surface area contributed by atoms with Gasteiger partial charge in [-0.15, -0.1) is 0 Å². The van der Waals surface area contributed by atoms with Crippen LogP contribution in [0.25, 0.3) is 21.9 Å². The molecule has 0 bridgehead atoms. The fourth-order valence-corrected chi connectivity index (χ4v) is 4.43. The van der Waals surface area contributed by atoms with Crippen molar-refractivity contribution in [2.45, 2.75) is 25.4 Å². The number of nitrogens with zero attached hydrogens (tertiary/aromatic N) is 2. The highest BCUT2D eigenvalue weighted by atomic mass is 16.4. The number of likely N-dealkylation sites (tertiary alicyclic amines) is 1. The minimum absolute atomic E-state index is 0.0713. The van der Waals surface area contributed by atoms with Crippen molar-refractivity contribution in [3.63, 3.8) is 0 Å². The summed E-state index contributed by atoms with van der Waals surface area (Å²) < 4.78 is 7.23. The second-order valence-electron chi connectivity index (χ2n) is 7.52. The summed E-state index contributed by atoms with van der Waals surface area (Å²) in [7, 11) is 0. The van der Waals surface area contributed by atoms with Gasteiger partial charge in [0, 0.05) is 18.7 Å². The van der Waals surface area contributed by atoms with Gasteiger partial charge in [-0.05, 0) is 48.4 Å². The molecule has 5 nitrogen and oxygen atoms in total. The maximum absolute atomic E-state index is 12.5. The molecule has 4 aromatic rings. The molecule has 1 atom stereocenters. The highest BCUT2D eigenvalue weighted by Crippen LogP contribution is 2.31. The van der Waals surface area contributed by atoms with E-state index in [1.165, 1.54) is 0 Å². The molecule has 0 unspecified atom stereocenters. The molecule has 0 aliphatic carbocycles. The van der Waals surface area contributed by atoms with Crippen molar-refractivity contribution in [1.29, 1.82) is 0 Å². The van der Waals surface area contributed by atoms with Crippen molar-refractivity contribution >= 4 is 21.9 Å². The number of aromatic nitrogens is 1. The first-order valence-corrected chi connectivity index (χ1v) is 9.73. The Morgan fingerprint density at radius 2 is 1.86 bits per heavy atom. The van der Waals surface area contributed by atoms with Gasteiger partial charge in [-0.25, -0.2) is 4.79 Å². The lowest BCUT2D eigenvalue weighted by molar-refractivity contribution is 0.167. The maximum atomic E-state index is 12.5. The Labute approximate surface area is 162 Å². The van der Waals surface area contributed by atoms with Crippen molar-refractivity contribution in [2.24, 2.45) is 0 Å². The van der Waals surface area contributed by atoms with E-state index in [-0.39, 0.29) is 11.8 Å². The van der Waals surface area contributed by atoms with Gasteiger partial charge in [-0.2, -0.15) is 0 Å². The van der Waals surface area contributed by atoms with Gasteiger partial charge in [0.2, 0.25) is 0 Å². The van der Waals surface area contributed by atoms with Crippen molar-refractivity contribution < 1.29 is 9.52 Å². The van der Waals surface area contributed by atoms with Crippen LogP contribution in [-0.4, -0.2) is 27.7 Å². The van der Waals surface area contributed by atoms with Gasteiger partial charge in [0.1, 0.15) is 5.75 Å². The third kappa shape index (κ3) is 2.88. The standard InChI is InChI=1S/C23H22N2O3/c26-21-12-11-16-6-1-2-8-18(16)19(21)15-24-13-5-7-17(14-24)25-20-9-3-4-10-22(20)28-23(25)27/h1-4,6,8-12,17,26H,5,7,13-15H2/t17-/m1/s1. The van der Waals surface area contributed by atoms with E-state index in [0.29, 0.717) is 17.9 Å². The summed E-state index contributed by atoms with van der Waals surface area (Å²) in [6.07, 6.45) is 1.95. The predicted molar refractivity (Wildman–Crippen MR) is 110 cm³/mol. The maximum Gasteiger partial charge on any atom is 0.420 e. The molecule has 1 aliphatic heterocycles. The Morgan fingerprint density at radius 1 is 1.04 bits per heavy atom. The Balaban J connectivity index is 1.46. The fourth-order valence-electron chi connectivity index (χ4n) is 4.43. The van der Waals surface area contributed by atoms with Gasteiger partial charge in [-0.1, -0.05) is 42.5 Å². The van der Waals surface area contributed by atoms with Gasteiger partial charge in [0.15, 0.2) is 5.58 Å². The van der Waals surface area contributed by atoms with Crippen molar-refractivity contribution in [1.82, 2.24) is 9.47 Å². The van der Waals surface area contributed by atoms with E-state index < -0.39 is 0 Å². The molecule has 0 spiro atoms. The largest absolute Gasteiger partial charge is 0.508 e. The van der Waals surface area contributed by atoms with Gasteiger partial charge in [0.05, 0.1) is 11.6 Å². The monoisotopic (exact) mass is 374 g/mol. The van der Waals surface area contributed by atoms with Crippen molar-refractivity contribution in [2.75, 3.05) is 13.1 Å². The zero-order valence-corrected chi connectivity index (χ0v) is 15.5. The molecule has 28 heavy (non-hydrogen) atoms. The lowest BCUT2D eigenvalue weighted by Crippen LogP contribution is -2.38. The SMILES string of the molecule is O=c1oc2ccccc2n1[C@@H]1CCCN(Cc2c(O)ccc3ccccc23)C1. The summed E-state index contributed by atoms with van der Waals surface area (Å²) in [6.45, 7) is 2.37. The number of benzene rings is 3. The molecular weight excluding hydrogens is 352 g/mol. The summed E-state index contributed by atoms with van der Waals surface area (Å²) in [5.41, 5.74) is 2.44. The molecular formula is C23H22N2O3. The Bertz CT molecular complexity index is 1210. The first kappa shape index (κ1) is 17.1. The summed E-state index contributed by atoms with van der Waals surface area (Å²) in [6, 6.07) is 19.5. The van der Waals surface area contributed by atoms with Crippen LogP contribution in [-0.2, 0) is 6.54 Å². The molecule has 1 fully saturated rings. The number of oxazole rings is 1. The average molecular weight is 374 g/mol. The number of fused-ring (bicyclic) bond motifs is 2. The van der Waals surface area contributed by atoms with Crippen LogP contribution in [0, 0.1) is 0 Å². The first-order chi connectivity index (χ1) is 13.7. The number of hydrogen-bond donors (Lipinski definition) is 1. The van der Waals surface area contributed by atoms with Crippen molar-refractivity contribution in [3.05, 3.63) is 76.8 Å². The van der Waals surface area contributed by atoms with E-state index in [1.54, 1.807) is 10.6 Å². The summed E-state index contributed by atoms with van der Waals surface area (Å²) >= 11 is 0. The molecule has 2 heterocycles. The second kappa shape index (κ2) is 6.84. The van der Waals surface area contributed by atoms with Gasteiger partial charge >= 0.3 is 5.76 Å². The average Bonchev–Trinajstić information content (AvgIpc) is 3.06. The van der Waals surface area contributed by atoms with E-state index in [4.69, 9.17) is 4.42 Å². The number of phenolic OH excluding ortho intramolecular Hbond substituents is 1. The van der Waals surface area contributed by atoms with E-state index >= 15 is 0 Å². The number of hydrogen-bond acceptors (Lipinski definition) is 4. The van der Waals surface area contributed by atoms with E-state index in [9.17, 15) is 9.90 Å². The lowest BCUT2D eigenvalue weighted by atomic mass is 10.0. The van der Waals surface area contributed by atoms with Crippen LogP contribution in [0.15, 0.2) is 69.9 Å². The van der Waals surface area contributed by atoms with Gasteiger partial charge in [0.25, 0.3) is 0 Å². The molecule has 5 heteroatoms. The third-order valence-electron chi connectivity index (χ3n) is 5.76. The first-order valence-electron chi connectivity index (χ1n) is 9.73. The molecule has 1 N–H and O–H groups in total. The molecule has 0 saturated carbocycles. The zero-order valence-electron chi connectivity index (χ0n) is 15.5. The van der Waals surface area contributed by atoms with Crippen LogP contribution >= 0.6 is 0 Å². The Hall–Kier alpha value is -3.05. The molecule has 3 aromatic carbocycles. The highest BCUT2D eigenvalue weighted by Gasteiger charge is 2.26. The van der Waals surface area contributed by atoms with Crippen LogP contribution in [0.4, 0.5) is 0 Å². The number of rotatable bonds is 3. The topological polar surface area (TPSA) is 58.6 Å². The lowest BCUT2D eigenvalue weighted by Gasteiger charge is -2.33. The molecule has 1 aromatic heterocycles.